The Morgan fingerprint density at radius 3 is 1.06 bits per heavy atom. The average Bonchev–Trinajstić information content (AvgIpc) is 3.12. The molecule has 2 heteroatoms. The van der Waals surface area contributed by atoms with E-state index in [0.717, 1.165) is 24.8 Å². The summed E-state index contributed by atoms with van der Waals surface area (Å²) in [7, 11) is 0. The Labute approximate surface area is 307 Å². The first-order chi connectivity index (χ1) is 24.2. The summed E-state index contributed by atoms with van der Waals surface area (Å²) in [4.78, 5) is 15.3. The van der Waals surface area contributed by atoms with Crippen molar-refractivity contribution in [1.82, 2.24) is 4.90 Å². The fraction of sp³-hybridized carbons (Fsp3) is 0.766. The number of carbonyl (C=O) groups excluding carboxylic acids is 1. The molecule has 0 bridgehead atoms. The van der Waals surface area contributed by atoms with Gasteiger partial charge in [-0.2, -0.15) is 0 Å². The molecule has 0 atom stereocenters. The molecule has 282 valence electrons. The van der Waals surface area contributed by atoms with Gasteiger partial charge in [-0.05, 0) is 56.2 Å². The molecule has 1 amide bonds. The lowest BCUT2D eigenvalue weighted by molar-refractivity contribution is 0.0869. The highest BCUT2D eigenvalue weighted by atomic mass is 16.2. The Kier molecular flexibility index (Phi) is 33.2. The van der Waals surface area contributed by atoms with Crippen LogP contribution in [0, 0.1) is 0 Å². The molecule has 0 aromatic heterocycles. The lowest BCUT2D eigenvalue weighted by atomic mass is 10.0. The number of aryl methyl sites for hydroxylation is 1. The second kappa shape index (κ2) is 36.0. The van der Waals surface area contributed by atoms with Crippen molar-refractivity contribution in [3.05, 3.63) is 59.9 Å². The monoisotopic (exact) mass is 678 g/mol. The van der Waals surface area contributed by atoms with E-state index >= 15 is 0 Å². The summed E-state index contributed by atoms with van der Waals surface area (Å²) in [5, 5.41) is 0. The number of rotatable bonds is 36. The van der Waals surface area contributed by atoms with E-state index in [1.807, 2.05) is 29.4 Å². The van der Waals surface area contributed by atoms with E-state index in [-0.39, 0.29) is 5.91 Å². The second-order valence-corrected chi connectivity index (χ2v) is 15.1. The molecule has 0 aliphatic rings. The highest BCUT2D eigenvalue weighted by molar-refractivity contribution is 5.95. The molecule has 1 rings (SSSR count). The van der Waals surface area contributed by atoms with Gasteiger partial charge in [0.15, 0.2) is 0 Å². The maximum atomic E-state index is 13.5. The van der Waals surface area contributed by atoms with Crippen LogP contribution in [0.4, 0.5) is 0 Å². The van der Waals surface area contributed by atoms with Crippen LogP contribution in [0.1, 0.15) is 242 Å². The van der Waals surface area contributed by atoms with Crippen molar-refractivity contribution < 1.29 is 4.79 Å². The normalized spacial score (nSPS) is 11.7. The van der Waals surface area contributed by atoms with E-state index < -0.39 is 0 Å². The minimum absolute atomic E-state index is 0.0801. The maximum absolute atomic E-state index is 13.5. The van der Waals surface area contributed by atoms with Crippen LogP contribution in [-0.4, -0.2) is 10.8 Å². The summed E-state index contributed by atoms with van der Waals surface area (Å²) >= 11 is 0. The topological polar surface area (TPSA) is 20.3 Å². The first-order valence-corrected chi connectivity index (χ1v) is 22.0. The SMILES string of the molecule is CCCCCCCCCCCCCCCCC=CN(C=CCCCCCCCCCCCCCCCC)C(=O)c1ccc(CCCC)cc1. The Balaban J connectivity index is 2.30. The van der Waals surface area contributed by atoms with Gasteiger partial charge in [-0.3, -0.25) is 9.69 Å². The zero-order chi connectivity index (χ0) is 35.3. The van der Waals surface area contributed by atoms with Gasteiger partial charge in [0.2, 0.25) is 0 Å². The lowest BCUT2D eigenvalue weighted by Gasteiger charge is -2.14. The molecule has 1 aromatic carbocycles. The quantitative estimate of drug-likeness (QED) is 0.0647. The first kappa shape index (κ1) is 45.2. The largest absolute Gasteiger partial charge is 0.291 e. The van der Waals surface area contributed by atoms with Crippen molar-refractivity contribution in [2.45, 2.75) is 233 Å². The van der Waals surface area contributed by atoms with Gasteiger partial charge < -0.3 is 0 Å². The van der Waals surface area contributed by atoms with Crippen molar-refractivity contribution in [2.24, 2.45) is 0 Å². The summed E-state index contributed by atoms with van der Waals surface area (Å²) in [6.07, 6.45) is 52.9. The van der Waals surface area contributed by atoms with Gasteiger partial charge in [-0.1, -0.05) is 218 Å². The number of allylic oxidation sites excluding steroid dienone is 2. The molecule has 0 saturated heterocycles. The van der Waals surface area contributed by atoms with Gasteiger partial charge in [-0.25, -0.2) is 0 Å². The molecule has 49 heavy (non-hydrogen) atoms. The minimum Gasteiger partial charge on any atom is -0.291 e. The predicted molar refractivity (Wildman–Crippen MR) is 219 cm³/mol. The van der Waals surface area contributed by atoms with Gasteiger partial charge >= 0.3 is 0 Å². The Morgan fingerprint density at radius 2 is 0.735 bits per heavy atom. The van der Waals surface area contributed by atoms with Crippen LogP contribution in [-0.2, 0) is 6.42 Å². The Hall–Kier alpha value is -1.83. The number of hydrogen-bond acceptors (Lipinski definition) is 1. The van der Waals surface area contributed by atoms with E-state index in [1.165, 1.54) is 198 Å². The summed E-state index contributed by atoms with van der Waals surface area (Å²) in [5.74, 6) is 0.0801. The molecule has 0 fully saturated rings. The summed E-state index contributed by atoms with van der Waals surface area (Å²) in [5.41, 5.74) is 2.11. The first-order valence-electron chi connectivity index (χ1n) is 22.0. The highest BCUT2D eigenvalue weighted by Crippen LogP contribution is 2.16. The maximum Gasteiger partial charge on any atom is 0.261 e. The third-order valence-corrected chi connectivity index (χ3v) is 10.2. The van der Waals surface area contributed by atoms with Crippen LogP contribution in [0.25, 0.3) is 0 Å². The lowest BCUT2D eigenvalue weighted by Crippen LogP contribution is -2.20. The molecular weight excluding hydrogens is 595 g/mol. The van der Waals surface area contributed by atoms with Gasteiger partial charge in [0.05, 0.1) is 0 Å². The Morgan fingerprint density at radius 1 is 0.429 bits per heavy atom. The number of nitrogens with zero attached hydrogens (tertiary/aromatic N) is 1. The molecule has 0 N–H and O–H groups in total. The molecule has 1 aromatic rings. The number of amides is 1. The molecule has 0 radical (unpaired) electrons. The van der Waals surface area contributed by atoms with E-state index in [1.54, 1.807) is 0 Å². The summed E-state index contributed by atoms with van der Waals surface area (Å²) in [6.45, 7) is 6.82. The molecule has 2 nitrogen and oxygen atoms in total. The fourth-order valence-corrected chi connectivity index (χ4v) is 6.82. The van der Waals surface area contributed by atoms with Crippen LogP contribution in [0.3, 0.4) is 0 Å². The number of carbonyl (C=O) groups is 1. The van der Waals surface area contributed by atoms with Gasteiger partial charge in [0, 0.05) is 18.0 Å². The standard InChI is InChI=1S/C47H83NO/c1-4-7-10-12-14-16-18-20-22-24-26-28-30-32-34-36-43-48(47(49)46-41-39-45(40-42-46)38-9-6-3)44-37-35-33-31-29-27-25-23-21-19-17-15-13-11-8-5-2/h36-37,39-44H,4-35,38H2,1-3H3. The molecular formula is C47H83NO. The third kappa shape index (κ3) is 28.5. The van der Waals surface area contributed by atoms with Crippen LogP contribution in [0.5, 0.6) is 0 Å². The number of unbranched alkanes of at least 4 members (excludes halogenated alkanes) is 29. The van der Waals surface area contributed by atoms with Gasteiger partial charge in [0.1, 0.15) is 0 Å². The third-order valence-electron chi connectivity index (χ3n) is 10.2. The van der Waals surface area contributed by atoms with Crippen molar-refractivity contribution in [1.29, 1.82) is 0 Å². The van der Waals surface area contributed by atoms with E-state index in [9.17, 15) is 4.79 Å². The van der Waals surface area contributed by atoms with E-state index in [4.69, 9.17) is 0 Å². The van der Waals surface area contributed by atoms with Crippen molar-refractivity contribution in [2.75, 3.05) is 0 Å². The van der Waals surface area contributed by atoms with Crippen LogP contribution in [0.15, 0.2) is 48.8 Å². The molecule has 0 spiro atoms. The average molecular weight is 678 g/mol. The highest BCUT2D eigenvalue weighted by Gasteiger charge is 2.11. The molecule has 0 aliphatic carbocycles. The van der Waals surface area contributed by atoms with Crippen molar-refractivity contribution in [3.8, 4) is 0 Å². The number of benzene rings is 1. The molecule has 0 unspecified atom stereocenters. The van der Waals surface area contributed by atoms with E-state index in [0.29, 0.717) is 0 Å². The second-order valence-electron chi connectivity index (χ2n) is 15.1. The van der Waals surface area contributed by atoms with Gasteiger partial charge in [-0.15, -0.1) is 0 Å². The predicted octanol–water partition coefficient (Wildman–Crippen LogP) is 16.2. The van der Waals surface area contributed by atoms with Gasteiger partial charge in [0.25, 0.3) is 5.91 Å². The fourth-order valence-electron chi connectivity index (χ4n) is 6.82. The molecule has 0 heterocycles. The zero-order valence-electron chi connectivity index (χ0n) is 33.3. The van der Waals surface area contributed by atoms with Crippen molar-refractivity contribution in [3.63, 3.8) is 0 Å². The van der Waals surface area contributed by atoms with E-state index in [2.05, 4.69) is 45.1 Å². The van der Waals surface area contributed by atoms with Crippen LogP contribution < -0.4 is 0 Å². The molecule has 0 saturated carbocycles. The molecule has 0 aliphatic heterocycles. The Bertz CT molecular complexity index is 842. The van der Waals surface area contributed by atoms with Crippen LogP contribution in [0.2, 0.25) is 0 Å². The summed E-state index contributed by atoms with van der Waals surface area (Å²) < 4.78 is 0. The summed E-state index contributed by atoms with van der Waals surface area (Å²) in [6, 6.07) is 8.31. The van der Waals surface area contributed by atoms with Crippen LogP contribution >= 0.6 is 0 Å². The smallest absolute Gasteiger partial charge is 0.261 e. The number of hydrogen-bond donors (Lipinski definition) is 0. The zero-order valence-corrected chi connectivity index (χ0v) is 33.3. The van der Waals surface area contributed by atoms with Crippen molar-refractivity contribution >= 4 is 5.91 Å². The minimum atomic E-state index is 0.0801.